The van der Waals surface area contributed by atoms with Crippen molar-refractivity contribution in [3.8, 4) is 5.75 Å². The van der Waals surface area contributed by atoms with Gasteiger partial charge >= 0.3 is 0 Å². The third-order valence-corrected chi connectivity index (χ3v) is 5.28. The minimum absolute atomic E-state index is 0.216. The van der Waals surface area contributed by atoms with Crippen LogP contribution in [0.3, 0.4) is 0 Å². The van der Waals surface area contributed by atoms with Crippen molar-refractivity contribution in [2.45, 2.75) is 6.92 Å². The van der Waals surface area contributed by atoms with Gasteiger partial charge in [-0.3, -0.25) is 20.4 Å². The molecule has 0 unspecified atom stereocenters. The van der Waals surface area contributed by atoms with Crippen LogP contribution in [0.5, 0.6) is 5.75 Å². The van der Waals surface area contributed by atoms with Crippen LogP contribution in [0.4, 0.5) is 0 Å². The highest BCUT2D eigenvalue weighted by Crippen LogP contribution is 2.28. The fraction of sp³-hybridized carbons (Fsp3) is 0.125. The Hall–Kier alpha value is -1.13. The number of nitrogens with one attached hydrogen (secondary N) is 2. The molecule has 2 N–H and O–H groups in total. The Bertz CT molecular complexity index is 784. The van der Waals surface area contributed by atoms with Gasteiger partial charge in [0.15, 0.2) is 6.61 Å². The molecule has 0 atom stereocenters. The van der Waals surface area contributed by atoms with Crippen LogP contribution >= 0.6 is 54.5 Å². The van der Waals surface area contributed by atoms with E-state index in [4.69, 9.17) is 4.74 Å². The molecule has 24 heavy (non-hydrogen) atoms. The number of halogens is 3. The van der Waals surface area contributed by atoms with Crippen LogP contribution in [0.1, 0.15) is 15.9 Å². The zero-order valence-corrected chi connectivity index (χ0v) is 17.9. The average Bonchev–Trinajstić information content (AvgIpc) is 2.54. The maximum atomic E-state index is 12.0. The van der Waals surface area contributed by atoms with E-state index in [9.17, 15) is 9.59 Å². The van der Waals surface area contributed by atoms with Crippen molar-refractivity contribution in [1.82, 2.24) is 10.9 Å². The van der Waals surface area contributed by atoms with Crippen LogP contribution < -0.4 is 15.6 Å². The first-order valence-electron chi connectivity index (χ1n) is 6.80. The lowest BCUT2D eigenvalue weighted by atomic mass is 10.1. The molecule has 126 valence electrons. The van der Waals surface area contributed by atoms with Gasteiger partial charge in [-0.15, -0.1) is 0 Å². The summed E-state index contributed by atoms with van der Waals surface area (Å²) in [5, 5.41) is 0. The van der Waals surface area contributed by atoms with Crippen LogP contribution in [0.2, 0.25) is 0 Å². The van der Waals surface area contributed by atoms with Crippen molar-refractivity contribution >= 4 is 66.3 Å². The summed E-state index contributed by atoms with van der Waals surface area (Å²) >= 11 is 8.84. The van der Waals surface area contributed by atoms with Gasteiger partial charge in [0.05, 0.1) is 4.47 Å². The lowest BCUT2D eigenvalue weighted by Crippen LogP contribution is -2.43. The zero-order chi connectivity index (χ0) is 17.7. The molecule has 0 aliphatic carbocycles. The lowest BCUT2D eigenvalue weighted by Gasteiger charge is -2.10. The summed E-state index contributed by atoms with van der Waals surface area (Å²) in [6.07, 6.45) is 0. The number of aryl methyl sites for hydroxylation is 1. The quantitative estimate of drug-likeness (QED) is 0.434. The predicted molar refractivity (Wildman–Crippen MR) is 107 cm³/mol. The summed E-state index contributed by atoms with van der Waals surface area (Å²) in [4.78, 5) is 23.8. The highest BCUT2D eigenvalue weighted by atomic mass is 127. The van der Waals surface area contributed by atoms with Crippen molar-refractivity contribution in [2.24, 2.45) is 0 Å². The molecule has 0 bridgehead atoms. The first-order chi connectivity index (χ1) is 11.4. The Morgan fingerprint density at radius 3 is 2.54 bits per heavy atom. The number of benzene rings is 2. The maximum Gasteiger partial charge on any atom is 0.276 e. The number of rotatable bonds is 4. The summed E-state index contributed by atoms with van der Waals surface area (Å²) in [6.45, 7) is 1.74. The Morgan fingerprint density at radius 2 is 1.88 bits per heavy atom. The first kappa shape index (κ1) is 19.2. The standard InChI is InChI=1S/C16H13Br2IN2O3/c1-9-2-3-10(6-13(9)19)16(23)21-20-15(22)8-24-14-5-4-11(17)7-12(14)18/h2-7H,8H2,1H3,(H,20,22)(H,21,23). The van der Waals surface area contributed by atoms with Gasteiger partial charge in [0.2, 0.25) is 0 Å². The van der Waals surface area contributed by atoms with Gasteiger partial charge in [-0.25, -0.2) is 0 Å². The molecule has 0 heterocycles. The van der Waals surface area contributed by atoms with E-state index < -0.39 is 5.91 Å². The van der Waals surface area contributed by atoms with Gasteiger partial charge in [-0.05, 0) is 81.3 Å². The number of carbonyl (C=O) groups excluding carboxylic acids is 2. The molecule has 5 nitrogen and oxygen atoms in total. The van der Waals surface area contributed by atoms with Gasteiger partial charge in [-0.1, -0.05) is 22.0 Å². The van der Waals surface area contributed by atoms with E-state index >= 15 is 0 Å². The van der Waals surface area contributed by atoms with Gasteiger partial charge in [0.25, 0.3) is 11.8 Å². The summed E-state index contributed by atoms with van der Waals surface area (Å²) in [7, 11) is 0. The zero-order valence-electron chi connectivity index (χ0n) is 12.5. The average molecular weight is 568 g/mol. The molecule has 0 radical (unpaired) electrons. The van der Waals surface area contributed by atoms with E-state index in [0.717, 1.165) is 18.1 Å². The minimum atomic E-state index is -0.458. The third kappa shape index (κ3) is 5.45. The largest absolute Gasteiger partial charge is 0.483 e. The van der Waals surface area contributed by atoms with E-state index in [2.05, 4.69) is 65.3 Å². The number of hydrogen-bond acceptors (Lipinski definition) is 3. The number of ether oxygens (including phenoxy) is 1. The molecule has 0 aliphatic heterocycles. The Labute approximate surface area is 169 Å². The monoisotopic (exact) mass is 566 g/mol. The maximum absolute atomic E-state index is 12.0. The second-order valence-electron chi connectivity index (χ2n) is 4.83. The highest BCUT2D eigenvalue weighted by molar-refractivity contribution is 14.1. The van der Waals surface area contributed by atoms with Crippen LogP contribution in [0.25, 0.3) is 0 Å². The van der Waals surface area contributed by atoms with Gasteiger partial charge < -0.3 is 4.74 Å². The highest BCUT2D eigenvalue weighted by Gasteiger charge is 2.10. The summed E-state index contributed by atoms with van der Waals surface area (Å²) in [6, 6.07) is 10.7. The minimum Gasteiger partial charge on any atom is -0.483 e. The second kappa shape index (κ2) is 8.82. The smallest absolute Gasteiger partial charge is 0.276 e. The van der Waals surface area contributed by atoms with E-state index in [1.54, 1.807) is 24.3 Å². The second-order valence-corrected chi connectivity index (χ2v) is 7.76. The number of hydrazine groups is 1. The summed E-state index contributed by atoms with van der Waals surface area (Å²) in [5.41, 5.74) is 6.25. The van der Waals surface area contributed by atoms with Crippen LogP contribution in [-0.4, -0.2) is 18.4 Å². The summed E-state index contributed by atoms with van der Waals surface area (Å²) in [5.74, 6) is -0.307. The van der Waals surface area contributed by atoms with Crippen LogP contribution in [-0.2, 0) is 4.79 Å². The normalized spacial score (nSPS) is 10.2. The van der Waals surface area contributed by atoms with Crippen molar-refractivity contribution in [2.75, 3.05) is 6.61 Å². The molecule has 8 heteroatoms. The molecule has 2 rings (SSSR count). The lowest BCUT2D eigenvalue weighted by molar-refractivity contribution is -0.123. The molecule has 2 amide bonds. The molecule has 0 saturated heterocycles. The fourth-order valence-corrected chi connectivity index (χ4v) is 3.38. The van der Waals surface area contributed by atoms with Crippen molar-refractivity contribution in [3.63, 3.8) is 0 Å². The number of hydrogen-bond donors (Lipinski definition) is 2. The fourth-order valence-electron chi connectivity index (χ4n) is 1.70. The Balaban J connectivity index is 1.84. The Kier molecular flexibility index (Phi) is 7.05. The van der Waals surface area contributed by atoms with E-state index in [1.807, 2.05) is 19.1 Å². The van der Waals surface area contributed by atoms with Crippen LogP contribution in [0.15, 0.2) is 45.3 Å². The molecule has 0 fully saturated rings. The SMILES string of the molecule is Cc1ccc(C(=O)NNC(=O)COc2ccc(Br)cc2Br)cc1I. The molecular formula is C16H13Br2IN2O3. The molecule has 0 aromatic heterocycles. The topological polar surface area (TPSA) is 67.4 Å². The third-order valence-electron chi connectivity index (χ3n) is 3.00. The molecule has 2 aromatic carbocycles. The van der Waals surface area contributed by atoms with Crippen LogP contribution in [0, 0.1) is 10.5 Å². The van der Waals surface area contributed by atoms with Crippen molar-refractivity contribution < 1.29 is 14.3 Å². The van der Waals surface area contributed by atoms with Crippen molar-refractivity contribution in [1.29, 1.82) is 0 Å². The number of carbonyl (C=O) groups is 2. The first-order valence-corrected chi connectivity index (χ1v) is 9.46. The molecule has 0 spiro atoms. The molecular weight excluding hydrogens is 555 g/mol. The Morgan fingerprint density at radius 1 is 1.12 bits per heavy atom. The molecule has 2 aromatic rings. The van der Waals surface area contributed by atoms with Gasteiger partial charge in [-0.2, -0.15) is 0 Å². The van der Waals surface area contributed by atoms with Gasteiger partial charge in [0.1, 0.15) is 5.75 Å². The van der Waals surface area contributed by atoms with E-state index in [0.29, 0.717) is 11.3 Å². The van der Waals surface area contributed by atoms with Gasteiger partial charge in [0, 0.05) is 13.6 Å². The van der Waals surface area contributed by atoms with E-state index in [1.165, 1.54) is 0 Å². The van der Waals surface area contributed by atoms with Crippen molar-refractivity contribution in [3.05, 3.63) is 60.0 Å². The molecule has 0 aliphatic rings. The van der Waals surface area contributed by atoms with E-state index in [-0.39, 0.29) is 12.5 Å². The number of amides is 2. The molecule has 0 saturated carbocycles. The summed E-state index contributed by atoms with van der Waals surface area (Å²) < 4.78 is 8.00. The predicted octanol–water partition coefficient (Wildman–Crippen LogP) is 3.96.